The zero-order chi connectivity index (χ0) is 24.0. The number of carbonyl (C=O) groups is 2. The summed E-state index contributed by atoms with van der Waals surface area (Å²) in [7, 11) is 3.18. The fourth-order valence-electron chi connectivity index (χ4n) is 3.78. The van der Waals surface area contributed by atoms with Gasteiger partial charge >= 0.3 is 6.09 Å². The van der Waals surface area contributed by atoms with Gasteiger partial charge in [0, 0.05) is 13.1 Å². The van der Waals surface area contributed by atoms with E-state index >= 15 is 0 Å². The lowest BCUT2D eigenvalue weighted by atomic mass is 9.95. The monoisotopic (exact) mass is 455 g/mol. The molecule has 0 aliphatic carbocycles. The Bertz CT molecular complexity index is 955. The van der Waals surface area contributed by atoms with Crippen LogP contribution in [-0.4, -0.2) is 54.8 Å². The maximum absolute atomic E-state index is 13.3. The Hall–Kier alpha value is -3.29. The Morgan fingerprint density at radius 3 is 2.52 bits per heavy atom. The highest BCUT2D eigenvalue weighted by Crippen LogP contribution is 2.27. The second-order valence-corrected chi connectivity index (χ2v) is 9.11. The number of piperidine rings is 1. The van der Waals surface area contributed by atoms with Gasteiger partial charge in [0.05, 0.1) is 38.1 Å². The number of ether oxygens (including phenoxy) is 3. The molecule has 2 unspecified atom stereocenters. The normalized spacial score (nSPS) is 17.1. The number of likely N-dealkylation sites (tertiary alicyclic amines) is 1. The molecule has 0 saturated carbocycles. The smallest absolute Gasteiger partial charge is 0.410 e. The van der Waals surface area contributed by atoms with Crippen molar-refractivity contribution in [2.45, 2.75) is 45.3 Å². The van der Waals surface area contributed by atoms with Gasteiger partial charge in [-0.25, -0.2) is 4.79 Å². The van der Waals surface area contributed by atoms with Crippen molar-refractivity contribution in [3.63, 3.8) is 0 Å². The Balaban J connectivity index is 1.79. The summed E-state index contributed by atoms with van der Waals surface area (Å²) in [5, 5.41) is 3.14. The molecule has 3 rings (SSSR count). The van der Waals surface area contributed by atoms with Crippen molar-refractivity contribution in [1.29, 1.82) is 0 Å². The highest BCUT2D eigenvalue weighted by molar-refractivity contribution is 5.81. The van der Waals surface area contributed by atoms with Crippen LogP contribution in [0.1, 0.15) is 50.9 Å². The van der Waals surface area contributed by atoms with Crippen molar-refractivity contribution in [1.82, 2.24) is 15.2 Å². The molecule has 0 spiro atoms. The van der Waals surface area contributed by atoms with Gasteiger partial charge in [-0.2, -0.15) is 0 Å². The third kappa shape index (κ3) is 6.60. The number of hydrogen-bond acceptors (Lipinski definition) is 6. The van der Waals surface area contributed by atoms with Crippen LogP contribution < -0.4 is 14.8 Å². The summed E-state index contributed by atoms with van der Waals surface area (Å²) in [6.07, 6.45) is 2.68. The summed E-state index contributed by atoms with van der Waals surface area (Å²) in [6, 6.07) is 10.7. The van der Waals surface area contributed by atoms with Crippen LogP contribution in [0.3, 0.4) is 0 Å². The topological polar surface area (TPSA) is 90.0 Å². The van der Waals surface area contributed by atoms with E-state index in [-0.39, 0.29) is 17.9 Å². The molecule has 0 bridgehead atoms. The molecule has 1 aliphatic rings. The lowest BCUT2D eigenvalue weighted by Gasteiger charge is -2.34. The highest BCUT2D eigenvalue weighted by Gasteiger charge is 2.32. The first-order chi connectivity index (χ1) is 15.7. The average molecular weight is 456 g/mol. The summed E-state index contributed by atoms with van der Waals surface area (Å²) < 4.78 is 16.1. The van der Waals surface area contributed by atoms with Crippen LogP contribution in [0.25, 0.3) is 0 Å². The number of pyridine rings is 1. The van der Waals surface area contributed by atoms with Crippen LogP contribution >= 0.6 is 0 Å². The van der Waals surface area contributed by atoms with Crippen LogP contribution in [-0.2, 0) is 9.53 Å². The summed E-state index contributed by atoms with van der Waals surface area (Å²) in [5.74, 6) is 0.857. The predicted molar refractivity (Wildman–Crippen MR) is 124 cm³/mol. The molecule has 2 aromatic rings. The highest BCUT2D eigenvalue weighted by atomic mass is 16.6. The molecule has 2 heterocycles. The fraction of sp³-hybridized carbons (Fsp3) is 0.480. The maximum Gasteiger partial charge on any atom is 0.410 e. The number of methoxy groups -OCH3 is 2. The van der Waals surface area contributed by atoms with Crippen LogP contribution in [0.4, 0.5) is 4.79 Å². The molecule has 2 atom stereocenters. The van der Waals surface area contributed by atoms with Crippen molar-refractivity contribution in [3.8, 4) is 11.5 Å². The van der Waals surface area contributed by atoms with Gasteiger partial charge in [-0.15, -0.1) is 0 Å². The molecule has 1 N–H and O–H groups in total. The van der Waals surface area contributed by atoms with Crippen LogP contribution in [0.15, 0.2) is 42.6 Å². The number of carbonyl (C=O) groups excluding carboxylic acids is 2. The third-order valence-corrected chi connectivity index (χ3v) is 5.45. The first-order valence-corrected chi connectivity index (χ1v) is 11.1. The number of benzene rings is 1. The largest absolute Gasteiger partial charge is 0.497 e. The molecule has 1 aromatic carbocycles. The van der Waals surface area contributed by atoms with E-state index < -0.39 is 11.6 Å². The number of amides is 2. The zero-order valence-electron chi connectivity index (χ0n) is 20.0. The van der Waals surface area contributed by atoms with Crippen molar-refractivity contribution in [2.24, 2.45) is 5.92 Å². The van der Waals surface area contributed by atoms with E-state index in [0.29, 0.717) is 36.7 Å². The molecule has 1 saturated heterocycles. The number of nitrogens with one attached hydrogen (secondary N) is 1. The molecule has 1 aliphatic heterocycles. The number of hydrogen-bond donors (Lipinski definition) is 1. The van der Waals surface area contributed by atoms with E-state index in [9.17, 15) is 9.59 Å². The lowest BCUT2D eigenvalue weighted by Crippen LogP contribution is -2.47. The summed E-state index contributed by atoms with van der Waals surface area (Å²) in [6.45, 7) is 6.40. The summed E-state index contributed by atoms with van der Waals surface area (Å²) in [4.78, 5) is 31.9. The molecule has 1 fully saturated rings. The molecule has 33 heavy (non-hydrogen) atoms. The quantitative estimate of drug-likeness (QED) is 0.709. The summed E-state index contributed by atoms with van der Waals surface area (Å²) >= 11 is 0. The predicted octanol–water partition coefficient (Wildman–Crippen LogP) is 3.95. The first kappa shape index (κ1) is 24.4. The van der Waals surface area contributed by atoms with Crippen LogP contribution in [0, 0.1) is 5.92 Å². The molecule has 2 amide bonds. The van der Waals surface area contributed by atoms with Gasteiger partial charge in [0.25, 0.3) is 0 Å². The van der Waals surface area contributed by atoms with Gasteiger partial charge in [0.2, 0.25) is 5.91 Å². The number of aromatic nitrogens is 1. The molecule has 178 valence electrons. The lowest BCUT2D eigenvalue weighted by molar-refractivity contribution is -0.127. The van der Waals surface area contributed by atoms with Gasteiger partial charge in [0.1, 0.15) is 17.1 Å². The van der Waals surface area contributed by atoms with E-state index in [4.69, 9.17) is 14.2 Å². The van der Waals surface area contributed by atoms with Crippen LogP contribution in [0.5, 0.6) is 11.5 Å². The molecular formula is C25H33N3O5. The fourth-order valence-corrected chi connectivity index (χ4v) is 3.78. The Morgan fingerprint density at radius 1 is 1.12 bits per heavy atom. The second-order valence-electron chi connectivity index (χ2n) is 9.11. The van der Waals surface area contributed by atoms with Crippen molar-refractivity contribution >= 4 is 12.0 Å². The van der Waals surface area contributed by atoms with E-state index in [1.54, 1.807) is 25.3 Å². The molecule has 1 aromatic heterocycles. The standard InChI is InChI=1S/C25H33N3O5/c1-25(2,3)33-24(30)28-13-7-9-18(16-28)23(29)27-22(17-8-6-10-19(14-17)31-4)21-12-11-20(32-5)15-26-21/h6,8,10-12,14-15,18,22H,7,9,13,16H2,1-5H3,(H,27,29). The molecule has 8 heteroatoms. The van der Waals surface area contributed by atoms with E-state index in [0.717, 1.165) is 12.0 Å². The second kappa shape index (κ2) is 10.6. The zero-order valence-corrected chi connectivity index (χ0v) is 20.0. The Labute approximate surface area is 195 Å². The van der Waals surface area contributed by atoms with E-state index in [1.165, 1.54) is 0 Å². The number of rotatable bonds is 6. The minimum absolute atomic E-state index is 0.131. The van der Waals surface area contributed by atoms with Gasteiger partial charge in [-0.1, -0.05) is 12.1 Å². The van der Waals surface area contributed by atoms with Crippen molar-refractivity contribution in [2.75, 3.05) is 27.3 Å². The van der Waals surface area contributed by atoms with Gasteiger partial charge in [-0.05, 0) is 63.4 Å². The minimum atomic E-state index is -0.580. The first-order valence-electron chi connectivity index (χ1n) is 11.1. The van der Waals surface area contributed by atoms with Crippen molar-refractivity contribution < 1.29 is 23.8 Å². The third-order valence-electron chi connectivity index (χ3n) is 5.45. The summed E-state index contributed by atoms with van der Waals surface area (Å²) in [5.41, 5.74) is 0.946. The van der Waals surface area contributed by atoms with Crippen molar-refractivity contribution in [3.05, 3.63) is 53.9 Å². The van der Waals surface area contributed by atoms with E-state index in [2.05, 4.69) is 10.3 Å². The van der Waals surface area contributed by atoms with Gasteiger partial charge in [-0.3, -0.25) is 9.78 Å². The maximum atomic E-state index is 13.3. The van der Waals surface area contributed by atoms with Crippen LogP contribution in [0.2, 0.25) is 0 Å². The molecular weight excluding hydrogens is 422 g/mol. The Morgan fingerprint density at radius 2 is 1.88 bits per heavy atom. The minimum Gasteiger partial charge on any atom is -0.497 e. The molecule has 0 radical (unpaired) electrons. The van der Waals surface area contributed by atoms with E-state index in [1.807, 2.05) is 57.2 Å². The van der Waals surface area contributed by atoms with Gasteiger partial charge in [0.15, 0.2) is 0 Å². The SMILES string of the molecule is COc1ccc(C(NC(=O)C2CCCN(C(=O)OC(C)(C)C)C2)c2cccc(OC)c2)nc1. The molecule has 8 nitrogen and oxygen atoms in total. The average Bonchev–Trinajstić information content (AvgIpc) is 2.81. The van der Waals surface area contributed by atoms with Gasteiger partial charge < -0.3 is 24.4 Å². The number of nitrogens with zero attached hydrogens (tertiary/aromatic N) is 2. The Kier molecular flexibility index (Phi) is 7.79.